The van der Waals surface area contributed by atoms with E-state index in [2.05, 4.69) is 10.2 Å². The van der Waals surface area contributed by atoms with Gasteiger partial charge in [-0.2, -0.15) is 0 Å². The first-order chi connectivity index (χ1) is 14.4. The number of halogens is 1. The topological polar surface area (TPSA) is 73.6 Å². The summed E-state index contributed by atoms with van der Waals surface area (Å²) in [6.07, 6.45) is 3.89. The first-order valence-electron chi connectivity index (χ1n) is 9.31. The van der Waals surface area contributed by atoms with Crippen LogP contribution in [0.1, 0.15) is 11.3 Å². The lowest BCUT2D eigenvalue weighted by molar-refractivity contribution is 0.412. The van der Waals surface area contributed by atoms with E-state index in [1.165, 1.54) is 12.3 Å². The molecule has 0 saturated heterocycles. The number of pyridine rings is 1. The van der Waals surface area contributed by atoms with Gasteiger partial charge in [0.25, 0.3) is 0 Å². The highest BCUT2D eigenvalue weighted by atomic mass is 32.2. The predicted octanol–water partition coefficient (Wildman–Crippen LogP) is 3.73. The molecule has 0 atom stereocenters. The first-order valence-corrected chi connectivity index (χ1v) is 11.2. The van der Waals surface area contributed by atoms with Crippen LogP contribution in [0.3, 0.4) is 0 Å². The lowest BCUT2D eigenvalue weighted by Crippen LogP contribution is -2.02. The van der Waals surface area contributed by atoms with Crippen molar-refractivity contribution >= 4 is 15.5 Å². The number of rotatable bonds is 6. The molecule has 0 unspecified atom stereocenters. The van der Waals surface area contributed by atoms with Crippen molar-refractivity contribution in [1.82, 2.24) is 14.6 Å². The lowest BCUT2D eigenvalue weighted by atomic mass is 10.0. The average Bonchev–Trinajstić information content (AvgIpc) is 3.23. The number of sulfone groups is 1. The van der Waals surface area contributed by atoms with Crippen LogP contribution in [-0.2, 0) is 22.7 Å². The summed E-state index contributed by atoms with van der Waals surface area (Å²) in [6.45, 7) is 0. The Morgan fingerprint density at radius 1 is 1.03 bits per heavy atom. The molecule has 154 valence electrons. The second kappa shape index (κ2) is 7.87. The van der Waals surface area contributed by atoms with Crippen LogP contribution in [0.2, 0.25) is 0 Å². The van der Waals surface area contributed by atoms with E-state index in [0.29, 0.717) is 29.8 Å². The molecule has 0 aliphatic heterocycles. The van der Waals surface area contributed by atoms with Crippen molar-refractivity contribution in [1.29, 1.82) is 0 Å². The summed E-state index contributed by atoms with van der Waals surface area (Å²) in [6, 6.07) is 15.3. The van der Waals surface area contributed by atoms with Crippen LogP contribution in [0.4, 0.5) is 4.39 Å². The van der Waals surface area contributed by atoms with Crippen LogP contribution in [0.25, 0.3) is 16.8 Å². The van der Waals surface area contributed by atoms with Crippen molar-refractivity contribution in [2.45, 2.75) is 17.7 Å². The fraction of sp³-hybridized carbons (Fsp3) is 0.182. The average molecular weight is 425 g/mol. The van der Waals surface area contributed by atoms with Crippen molar-refractivity contribution in [2.75, 3.05) is 13.4 Å². The van der Waals surface area contributed by atoms with Gasteiger partial charge in [0.05, 0.1) is 12.0 Å². The molecular formula is C22H20FN3O3S. The fourth-order valence-corrected chi connectivity index (χ4v) is 4.04. The normalized spacial score (nSPS) is 11.7. The smallest absolute Gasteiger partial charge is 0.175 e. The van der Waals surface area contributed by atoms with Gasteiger partial charge in [0, 0.05) is 17.5 Å². The molecule has 0 bridgehead atoms. The number of aryl methyl sites for hydroxylation is 2. The molecule has 0 spiro atoms. The quantitative estimate of drug-likeness (QED) is 0.471. The first kappa shape index (κ1) is 20.0. The number of methoxy groups -OCH3 is 1. The Bertz CT molecular complexity index is 1320. The molecule has 30 heavy (non-hydrogen) atoms. The summed E-state index contributed by atoms with van der Waals surface area (Å²) in [5, 5.41) is 8.26. The maximum atomic E-state index is 14.1. The van der Waals surface area contributed by atoms with Gasteiger partial charge in [0.2, 0.25) is 0 Å². The standard InChI is InChI=1S/C22H20FN3O3S/c1-29-18-8-12-21(23)16(13-18)3-6-17-7-11-20(22-25-24-14-26(17)22)15-4-9-19(10-5-15)30(2,27)28/h4-5,7-14H,3,6H2,1-2H3. The highest BCUT2D eigenvalue weighted by Crippen LogP contribution is 2.26. The largest absolute Gasteiger partial charge is 0.497 e. The molecule has 0 saturated carbocycles. The van der Waals surface area contributed by atoms with Crippen molar-refractivity contribution < 1.29 is 17.5 Å². The Balaban J connectivity index is 1.65. The zero-order valence-electron chi connectivity index (χ0n) is 16.5. The third-order valence-electron chi connectivity index (χ3n) is 5.04. The molecule has 0 radical (unpaired) electrons. The monoisotopic (exact) mass is 425 g/mol. The van der Waals surface area contributed by atoms with Crippen molar-refractivity contribution in [2.24, 2.45) is 0 Å². The molecule has 0 amide bonds. The van der Waals surface area contributed by atoms with Gasteiger partial charge >= 0.3 is 0 Å². The lowest BCUT2D eigenvalue weighted by Gasteiger charge is -2.10. The van der Waals surface area contributed by atoms with Crippen molar-refractivity contribution in [3.63, 3.8) is 0 Å². The number of fused-ring (bicyclic) bond motifs is 1. The van der Waals surface area contributed by atoms with E-state index in [9.17, 15) is 12.8 Å². The molecule has 8 heteroatoms. The maximum Gasteiger partial charge on any atom is 0.175 e. The van der Waals surface area contributed by atoms with E-state index in [1.807, 2.05) is 16.5 Å². The van der Waals surface area contributed by atoms with E-state index < -0.39 is 9.84 Å². The molecule has 2 heterocycles. The minimum atomic E-state index is -3.26. The van der Waals surface area contributed by atoms with Gasteiger partial charge in [-0.1, -0.05) is 12.1 Å². The van der Waals surface area contributed by atoms with E-state index >= 15 is 0 Å². The van der Waals surface area contributed by atoms with Gasteiger partial charge in [-0.15, -0.1) is 10.2 Å². The predicted molar refractivity (Wildman–Crippen MR) is 112 cm³/mol. The van der Waals surface area contributed by atoms with Crippen molar-refractivity contribution in [3.8, 4) is 16.9 Å². The Morgan fingerprint density at radius 2 is 1.80 bits per heavy atom. The SMILES string of the molecule is COc1ccc(F)c(CCc2ccc(-c3ccc(S(C)(=O)=O)cc3)c3nncn23)c1. The van der Waals surface area contributed by atoms with Gasteiger partial charge in [0.1, 0.15) is 17.9 Å². The fourth-order valence-electron chi connectivity index (χ4n) is 3.41. The number of hydrogen-bond donors (Lipinski definition) is 0. The molecule has 0 aliphatic carbocycles. The van der Waals surface area contributed by atoms with Crippen LogP contribution >= 0.6 is 0 Å². The number of nitrogens with zero attached hydrogens (tertiary/aromatic N) is 3. The van der Waals surface area contributed by atoms with Crippen LogP contribution in [0.5, 0.6) is 5.75 Å². The van der Waals surface area contributed by atoms with Gasteiger partial charge < -0.3 is 4.74 Å². The van der Waals surface area contributed by atoms with Crippen LogP contribution in [0.15, 0.2) is 65.8 Å². The zero-order valence-corrected chi connectivity index (χ0v) is 17.4. The molecule has 4 aromatic rings. The van der Waals surface area contributed by atoms with Gasteiger partial charge in [0.15, 0.2) is 15.5 Å². The Morgan fingerprint density at radius 3 is 2.50 bits per heavy atom. The molecule has 0 fully saturated rings. The van der Waals surface area contributed by atoms with Crippen LogP contribution < -0.4 is 4.74 Å². The summed E-state index contributed by atoms with van der Waals surface area (Å²) in [5.41, 5.74) is 3.85. The minimum absolute atomic E-state index is 0.265. The van der Waals surface area contributed by atoms with Crippen LogP contribution in [0, 0.1) is 5.82 Å². The summed E-state index contributed by atoms with van der Waals surface area (Å²) in [5.74, 6) is 0.354. The molecular weight excluding hydrogens is 405 g/mol. The van der Waals surface area contributed by atoms with E-state index in [-0.39, 0.29) is 10.7 Å². The maximum absolute atomic E-state index is 14.1. The molecule has 2 aromatic carbocycles. The van der Waals surface area contributed by atoms with E-state index in [1.54, 1.807) is 49.8 Å². The summed E-state index contributed by atoms with van der Waals surface area (Å²) in [4.78, 5) is 0.265. The zero-order chi connectivity index (χ0) is 21.3. The Labute approximate surface area is 173 Å². The summed E-state index contributed by atoms with van der Waals surface area (Å²) >= 11 is 0. The molecule has 6 nitrogen and oxygen atoms in total. The molecule has 0 N–H and O–H groups in total. The molecule has 4 rings (SSSR count). The van der Waals surface area contributed by atoms with Gasteiger partial charge in [-0.3, -0.25) is 4.40 Å². The Hall–Kier alpha value is -3.26. The van der Waals surface area contributed by atoms with Crippen LogP contribution in [-0.4, -0.2) is 36.4 Å². The minimum Gasteiger partial charge on any atom is -0.497 e. The second-order valence-electron chi connectivity index (χ2n) is 7.02. The van der Waals surface area contributed by atoms with E-state index in [0.717, 1.165) is 16.8 Å². The number of aromatic nitrogens is 3. The summed E-state index contributed by atoms with van der Waals surface area (Å²) in [7, 11) is -1.70. The summed E-state index contributed by atoms with van der Waals surface area (Å²) < 4.78 is 44.6. The number of ether oxygens (including phenoxy) is 1. The second-order valence-corrected chi connectivity index (χ2v) is 9.03. The molecule has 2 aromatic heterocycles. The Kier molecular flexibility index (Phi) is 5.26. The van der Waals surface area contributed by atoms with Gasteiger partial charge in [-0.05, 0) is 66.4 Å². The van der Waals surface area contributed by atoms with Crippen molar-refractivity contribution in [3.05, 3.63) is 78.0 Å². The number of hydrogen-bond acceptors (Lipinski definition) is 5. The third kappa shape index (κ3) is 3.91. The highest BCUT2D eigenvalue weighted by Gasteiger charge is 2.13. The van der Waals surface area contributed by atoms with E-state index in [4.69, 9.17) is 4.74 Å². The highest BCUT2D eigenvalue weighted by molar-refractivity contribution is 7.90. The third-order valence-corrected chi connectivity index (χ3v) is 6.17. The molecule has 0 aliphatic rings. The van der Waals surface area contributed by atoms with Gasteiger partial charge in [-0.25, -0.2) is 12.8 Å². The number of benzene rings is 2.